The van der Waals surface area contributed by atoms with E-state index < -0.39 is 0 Å². The number of aromatic nitrogens is 4. The predicted octanol–water partition coefficient (Wildman–Crippen LogP) is 12.7. The molecular formula is C51H36N4. The lowest BCUT2D eigenvalue weighted by Gasteiger charge is -2.21. The maximum atomic E-state index is 4.98. The summed E-state index contributed by atoms with van der Waals surface area (Å²) in [6.45, 7) is 4.69. The molecule has 2 aromatic heterocycles. The highest BCUT2D eigenvalue weighted by Gasteiger charge is 2.36. The third-order valence-electron chi connectivity index (χ3n) is 11.1. The van der Waals surface area contributed by atoms with Crippen molar-refractivity contribution in [2.75, 3.05) is 0 Å². The molecule has 0 saturated heterocycles. The largest absolute Gasteiger partial charge is 0.264 e. The molecule has 10 rings (SSSR count). The fourth-order valence-electron chi connectivity index (χ4n) is 8.07. The molecule has 9 aromatic rings. The van der Waals surface area contributed by atoms with E-state index in [9.17, 15) is 0 Å². The van der Waals surface area contributed by atoms with Crippen molar-refractivity contribution in [3.05, 3.63) is 193 Å². The fraction of sp³-hybridized carbons (Fsp3) is 0.0588. The molecule has 0 bridgehead atoms. The number of nitrogens with zero attached hydrogens (tertiary/aromatic N) is 4. The first kappa shape index (κ1) is 32.6. The molecule has 1 aliphatic carbocycles. The molecule has 0 atom stereocenters. The molecule has 0 radical (unpaired) electrons. The van der Waals surface area contributed by atoms with E-state index in [4.69, 9.17) is 15.0 Å². The van der Waals surface area contributed by atoms with Gasteiger partial charge in [0.05, 0.1) is 0 Å². The quantitative estimate of drug-likeness (QED) is 0.173. The fourth-order valence-corrected chi connectivity index (χ4v) is 8.07. The summed E-state index contributed by atoms with van der Waals surface area (Å²) in [5, 5.41) is 2.60. The van der Waals surface area contributed by atoms with Crippen molar-refractivity contribution in [2.24, 2.45) is 0 Å². The second-order valence-electron chi connectivity index (χ2n) is 14.7. The van der Waals surface area contributed by atoms with Crippen molar-refractivity contribution in [1.82, 2.24) is 19.9 Å². The van der Waals surface area contributed by atoms with Crippen molar-refractivity contribution >= 4 is 10.8 Å². The third-order valence-corrected chi connectivity index (χ3v) is 11.1. The Morgan fingerprint density at radius 2 is 0.855 bits per heavy atom. The van der Waals surface area contributed by atoms with Crippen LogP contribution in [0, 0.1) is 0 Å². The molecule has 4 heteroatoms. The van der Waals surface area contributed by atoms with E-state index in [1.165, 1.54) is 44.2 Å². The van der Waals surface area contributed by atoms with Crippen LogP contribution in [0.3, 0.4) is 0 Å². The first-order valence-electron chi connectivity index (χ1n) is 18.7. The smallest absolute Gasteiger partial charge is 0.164 e. The molecule has 0 spiro atoms. The Kier molecular flexibility index (Phi) is 7.77. The summed E-state index contributed by atoms with van der Waals surface area (Å²) in [5.41, 5.74) is 15.1. The molecule has 0 fully saturated rings. The van der Waals surface area contributed by atoms with Gasteiger partial charge in [0, 0.05) is 34.5 Å². The van der Waals surface area contributed by atoms with E-state index in [2.05, 4.69) is 152 Å². The summed E-state index contributed by atoms with van der Waals surface area (Å²) < 4.78 is 0. The number of rotatable bonds is 6. The van der Waals surface area contributed by atoms with Crippen molar-refractivity contribution in [3.63, 3.8) is 0 Å². The normalized spacial score (nSPS) is 12.7. The zero-order valence-electron chi connectivity index (χ0n) is 30.6. The van der Waals surface area contributed by atoms with Crippen LogP contribution in [0.1, 0.15) is 25.0 Å². The number of hydrogen-bond donors (Lipinski definition) is 0. The maximum absolute atomic E-state index is 4.98. The average molecular weight is 705 g/mol. The van der Waals surface area contributed by atoms with Gasteiger partial charge in [-0.1, -0.05) is 172 Å². The van der Waals surface area contributed by atoms with Crippen LogP contribution >= 0.6 is 0 Å². The lowest BCUT2D eigenvalue weighted by Crippen LogP contribution is -2.14. The summed E-state index contributed by atoms with van der Waals surface area (Å²) in [6, 6.07) is 60.1. The molecule has 4 nitrogen and oxygen atoms in total. The Morgan fingerprint density at radius 3 is 1.45 bits per heavy atom. The first-order valence-corrected chi connectivity index (χ1v) is 18.7. The zero-order valence-corrected chi connectivity index (χ0v) is 30.6. The van der Waals surface area contributed by atoms with Gasteiger partial charge in [0.25, 0.3) is 0 Å². The molecule has 0 amide bonds. The van der Waals surface area contributed by atoms with E-state index in [0.29, 0.717) is 17.5 Å². The highest BCUT2D eigenvalue weighted by molar-refractivity contribution is 6.03. The molecule has 0 saturated carbocycles. The lowest BCUT2D eigenvalue weighted by molar-refractivity contribution is 0.661. The van der Waals surface area contributed by atoms with Gasteiger partial charge in [-0.25, -0.2) is 15.0 Å². The van der Waals surface area contributed by atoms with Crippen LogP contribution in [0.2, 0.25) is 0 Å². The molecule has 1 aliphatic rings. The number of pyridine rings is 1. The Labute approximate surface area is 320 Å². The van der Waals surface area contributed by atoms with Crippen LogP contribution in [0.15, 0.2) is 182 Å². The monoisotopic (exact) mass is 704 g/mol. The van der Waals surface area contributed by atoms with Crippen LogP contribution in [0.25, 0.3) is 89.4 Å². The minimum absolute atomic E-state index is 0.0402. The molecule has 0 unspecified atom stereocenters. The standard InChI is InChI=1S/C51H36N4/c1-51(2)45-28-27-41(31-44(45)47-43-13-7-6-9-37(43)26-29-46(47)51)35-16-14-33(15-17-35)34-18-22-39(23-19-34)49-53-48(38-10-4-3-5-11-38)54-50(55-49)40-24-20-36(21-25-40)42-12-8-30-52-32-42/h3-32H,1-2H3. The van der Waals surface area contributed by atoms with Gasteiger partial charge in [0.2, 0.25) is 0 Å². The van der Waals surface area contributed by atoms with Crippen LogP contribution in [0.5, 0.6) is 0 Å². The van der Waals surface area contributed by atoms with Crippen molar-refractivity contribution in [3.8, 4) is 78.7 Å². The van der Waals surface area contributed by atoms with Gasteiger partial charge in [0.15, 0.2) is 17.5 Å². The van der Waals surface area contributed by atoms with E-state index in [1.807, 2.05) is 42.6 Å². The lowest BCUT2D eigenvalue weighted by atomic mass is 9.82. The van der Waals surface area contributed by atoms with E-state index in [1.54, 1.807) is 6.20 Å². The molecule has 2 heterocycles. The van der Waals surface area contributed by atoms with Gasteiger partial charge < -0.3 is 0 Å². The Hall–Kier alpha value is -7.04. The third kappa shape index (κ3) is 5.80. The van der Waals surface area contributed by atoms with Crippen LogP contribution in [-0.4, -0.2) is 19.9 Å². The van der Waals surface area contributed by atoms with Crippen molar-refractivity contribution in [1.29, 1.82) is 0 Å². The number of hydrogen-bond acceptors (Lipinski definition) is 4. The second kappa shape index (κ2) is 13.1. The van der Waals surface area contributed by atoms with Crippen molar-refractivity contribution < 1.29 is 0 Å². The van der Waals surface area contributed by atoms with E-state index >= 15 is 0 Å². The van der Waals surface area contributed by atoms with E-state index in [-0.39, 0.29) is 5.41 Å². The van der Waals surface area contributed by atoms with Crippen LogP contribution in [0.4, 0.5) is 0 Å². The molecule has 7 aromatic carbocycles. The zero-order chi connectivity index (χ0) is 36.9. The topological polar surface area (TPSA) is 51.6 Å². The summed E-state index contributed by atoms with van der Waals surface area (Å²) in [7, 11) is 0. The summed E-state index contributed by atoms with van der Waals surface area (Å²) in [4.78, 5) is 19.1. The van der Waals surface area contributed by atoms with Gasteiger partial charge in [-0.3, -0.25) is 4.98 Å². The summed E-state index contributed by atoms with van der Waals surface area (Å²) >= 11 is 0. The summed E-state index contributed by atoms with van der Waals surface area (Å²) in [6.07, 6.45) is 3.66. The van der Waals surface area contributed by atoms with Crippen molar-refractivity contribution in [2.45, 2.75) is 19.3 Å². The SMILES string of the molecule is CC1(C)c2ccc(-c3ccc(-c4ccc(-c5nc(-c6ccccc6)nc(-c6ccc(-c7cccnc7)cc6)n5)cc4)cc3)cc2-c2c1ccc1ccccc21. The van der Waals surface area contributed by atoms with Gasteiger partial charge in [-0.05, 0) is 78.5 Å². The Bertz CT molecular complexity index is 2840. The Morgan fingerprint density at radius 1 is 0.382 bits per heavy atom. The molecule has 55 heavy (non-hydrogen) atoms. The summed E-state index contributed by atoms with van der Waals surface area (Å²) in [5.74, 6) is 1.91. The van der Waals surface area contributed by atoms with Gasteiger partial charge in [-0.15, -0.1) is 0 Å². The maximum Gasteiger partial charge on any atom is 0.164 e. The number of benzene rings is 7. The molecule has 0 aliphatic heterocycles. The van der Waals surface area contributed by atoms with Gasteiger partial charge in [0.1, 0.15) is 0 Å². The van der Waals surface area contributed by atoms with Gasteiger partial charge >= 0.3 is 0 Å². The van der Waals surface area contributed by atoms with Gasteiger partial charge in [-0.2, -0.15) is 0 Å². The predicted molar refractivity (Wildman–Crippen MR) is 225 cm³/mol. The average Bonchev–Trinajstić information content (AvgIpc) is 3.49. The Balaban J connectivity index is 0.953. The minimum Gasteiger partial charge on any atom is -0.264 e. The first-order chi connectivity index (χ1) is 27.0. The van der Waals surface area contributed by atoms with Crippen LogP contribution < -0.4 is 0 Å². The number of fused-ring (bicyclic) bond motifs is 5. The minimum atomic E-state index is -0.0402. The molecule has 260 valence electrons. The molecular weight excluding hydrogens is 669 g/mol. The van der Waals surface area contributed by atoms with Crippen LogP contribution in [-0.2, 0) is 5.41 Å². The van der Waals surface area contributed by atoms with E-state index in [0.717, 1.165) is 38.9 Å². The second-order valence-corrected chi connectivity index (χ2v) is 14.7. The highest BCUT2D eigenvalue weighted by atomic mass is 15.0. The highest BCUT2D eigenvalue weighted by Crippen LogP contribution is 2.52. The molecule has 0 N–H and O–H groups in total.